The molecule has 0 bridgehead atoms. The number of amides is 1. The minimum Gasteiger partial charge on any atom is -0.350 e. The van der Waals surface area contributed by atoms with Gasteiger partial charge in [0, 0.05) is 18.2 Å². The molecule has 0 atom stereocenters. The van der Waals surface area contributed by atoms with Crippen LogP contribution in [-0.2, 0) is 16.4 Å². The minimum atomic E-state index is -3.64. The highest BCUT2D eigenvalue weighted by molar-refractivity contribution is 7.92. The van der Waals surface area contributed by atoms with Gasteiger partial charge in [0.15, 0.2) is 0 Å². The topological polar surface area (TPSA) is 66.5 Å². The fraction of sp³-hybridized carbons (Fsp3) is 0.316. The summed E-state index contributed by atoms with van der Waals surface area (Å²) >= 11 is 0. The van der Waals surface area contributed by atoms with Crippen molar-refractivity contribution in [3.8, 4) is 0 Å². The average molecular weight is 358 g/mol. The van der Waals surface area contributed by atoms with E-state index in [-0.39, 0.29) is 16.8 Å². The summed E-state index contributed by atoms with van der Waals surface area (Å²) in [4.78, 5) is 12.2. The highest BCUT2D eigenvalue weighted by Crippen LogP contribution is 2.31. The lowest BCUT2D eigenvalue weighted by molar-refractivity contribution is 0.0943. The van der Waals surface area contributed by atoms with Crippen molar-refractivity contribution in [1.29, 1.82) is 0 Å². The van der Waals surface area contributed by atoms with Gasteiger partial charge in [-0.2, -0.15) is 0 Å². The van der Waals surface area contributed by atoms with Crippen LogP contribution >= 0.6 is 0 Å². The normalized spacial score (nSPS) is 14.3. The molecule has 1 amide bonds. The molecule has 6 heteroatoms. The van der Waals surface area contributed by atoms with E-state index < -0.39 is 10.0 Å². The van der Waals surface area contributed by atoms with Gasteiger partial charge in [0.25, 0.3) is 15.9 Å². The van der Waals surface area contributed by atoms with Crippen molar-refractivity contribution in [3.05, 3.63) is 59.7 Å². The third-order valence-corrected chi connectivity index (χ3v) is 6.02. The predicted octanol–water partition coefficient (Wildman–Crippen LogP) is 2.97. The van der Waals surface area contributed by atoms with Gasteiger partial charge in [-0.1, -0.05) is 18.2 Å². The molecule has 25 heavy (non-hydrogen) atoms. The smallest absolute Gasteiger partial charge is 0.264 e. The van der Waals surface area contributed by atoms with Crippen LogP contribution in [0.5, 0.6) is 0 Å². The third kappa shape index (κ3) is 3.54. The molecule has 2 aromatic carbocycles. The van der Waals surface area contributed by atoms with Crippen LogP contribution in [0.25, 0.3) is 0 Å². The van der Waals surface area contributed by atoms with Crippen molar-refractivity contribution in [2.75, 3.05) is 10.8 Å². The van der Waals surface area contributed by atoms with Crippen LogP contribution in [-0.4, -0.2) is 26.9 Å². The number of hydrogen-bond donors (Lipinski definition) is 1. The molecule has 1 aliphatic rings. The summed E-state index contributed by atoms with van der Waals surface area (Å²) < 4.78 is 27.5. The second-order valence-corrected chi connectivity index (χ2v) is 8.32. The molecule has 132 valence electrons. The Labute approximate surface area is 148 Å². The summed E-state index contributed by atoms with van der Waals surface area (Å²) in [7, 11) is -3.64. The summed E-state index contributed by atoms with van der Waals surface area (Å²) in [6.45, 7) is 4.23. The maximum absolute atomic E-state index is 13.0. The fourth-order valence-corrected chi connectivity index (χ4v) is 4.54. The molecule has 0 aromatic heterocycles. The van der Waals surface area contributed by atoms with E-state index in [1.54, 1.807) is 12.1 Å². The number of benzene rings is 2. The van der Waals surface area contributed by atoms with Crippen molar-refractivity contribution in [3.63, 3.8) is 0 Å². The highest BCUT2D eigenvalue weighted by Gasteiger charge is 2.28. The molecule has 3 rings (SSSR count). The first-order chi connectivity index (χ1) is 11.9. The maximum Gasteiger partial charge on any atom is 0.264 e. The zero-order chi connectivity index (χ0) is 18.0. The zero-order valence-electron chi connectivity index (χ0n) is 14.4. The number of aryl methyl sites for hydroxylation is 1. The van der Waals surface area contributed by atoms with Crippen LogP contribution in [0.3, 0.4) is 0 Å². The molecular weight excluding hydrogens is 336 g/mol. The second kappa shape index (κ2) is 6.88. The monoisotopic (exact) mass is 358 g/mol. The lowest BCUT2D eigenvalue weighted by Gasteiger charge is -2.30. The van der Waals surface area contributed by atoms with Crippen molar-refractivity contribution in [2.24, 2.45) is 0 Å². The number of para-hydroxylation sites is 1. The third-order valence-electron chi connectivity index (χ3n) is 4.19. The number of carbonyl (C=O) groups excluding carboxylic acids is 1. The molecule has 0 fully saturated rings. The van der Waals surface area contributed by atoms with Gasteiger partial charge in [0.05, 0.1) is 10.6 Å². The average Bonchev–Trinajstić information content (AvgIpc) is 2.60. The van der Waals surface area contributed by atoms with Gasteiger partial charge >= 0.3 is 0 Å². The van der Waals surface area contributed by atoms with E-state index in [1.807, 2.05) is 38.1 Å². The highest BCUT2D eigenvalue weighted by atomic mass is 32.2. The van der Waals surface area contributed by atoms with E-state index in [9.17, 15) is 13.2 Å². The first-order valence-electron chi connectivity index (χ1n) is 8.41. The first kappa shape index (κ1) is 17.5. The molecule has 0 aliphatic carbocycles. The Kier molecular flexibility index (Phi) is 4.81. The van der Waals surface area contributed by atoms with Crippen molar-refractivity contribution < 1.29 is 13.2 Å². The predicted molar refractivity (Wildman–Crippen MR) is 98.3 cm³/mol. The number of rotatable bonds is 4. The Morgan fingerprint density at radius 1 is 1.08 bits per heavy atom. The second-order valence-electron chi connectivity index (χ2n) is 6.46. The van der Waals surface area contributed by atoms with Gasteiger partial charge in [0.2, 0.25) is 0 Å². The van der Waals surface area contributed by atoms with E-state index in [0.717, 1.165) is 24.1 Å². The SMILES string of the molecule is CC(C)NC(=O)c1ccc(S(=O)(=O)N2CCCc3ccccc32)cc1. The van der Waals surface area contributed by atoms with Gasteiger partial charge in [-0.05, 0) is 62.6 Å². The molecule has 2 aromatic rings. The summed E-state index contributed by atoms with van der Waals surface area (Å²) in [5.41, 5.74) is 2.24. The molecule has 0 radical (unpaired) electrons. The van der Waals surface area contributed by atoms with E-state index in [0.29, 0.717) is 12.1 Å². The fourth-order valence-electron chi connectivity index (χ4n) is 3.00. The molecule has 1 aliphatic heterocycles. The quantitative estimate of drug-likeness (QED) is 0.914. The Morgan fingerprint density at radius 3 is 2.44 bits per heavy atom. The Bertz CT molecular complexity index is 874. The summed E-state index contributed by atoms with van der Waals surface area (Å²) in [5.74, 6) is -0.206. The van der Waals surface area contributed by atoms with E-state index in [1.165, 1.54) is 16.4 Å². The van der Waals surface area contributed by atoms with E-state index >= 15 is 0 Å². The number of nitrogens with one attached hydrogen (secondary N) is 1. The van der Waals surface area contributed by atoms with Gasteiger partial charge in [-0.15, -0.1) is 0 Å². The van der Waals surface area contributed by atoms with Crippen molar-refractivity contribution >= 4 is 21.6 Å². The lowest BCUT2D eigenvalue weighted by Crippen LogP contribution is -2.35. The van der Waals surface area contributed by atoms with Crippen LogP contribution in [0.15, 0.2) is 53.4 Å². The summed E-state index contributed by atoms with van der Waals surface area (Å²) in [6, 6.07) is 13.7. The van der Waals surface area contributed by atoms with Crippen LogP contribution in [0, 0.1) is 0 Å². The van der Waals surface area contributed by atoms with E-state index in [4.69, 9.17) is 0 Å². The Morgan fingerprint density at radius 2 is 1.76 bits per heavy atom. The molecule has 1 heterocycles. The lowest BCUT2D eigenvalue weighted by atomic mass is 10.0. The molecule has 0 saturated carbocycles. The van der Waals surface area contributed by atoms with E-state index in [2.05, 4.69) is 5.32 Å². The maximum atomic E-state index is 13.0. The largest absolute Gasteiger partial charge is 0.350 e. The number of nitrogens with zero attached hydrogens (tertiary/aromatic N) is 1. The Hall–Kier alpha value is -2.34. The van der Waals surface area contributed by atoms with Crippen LogP contribution in [0.2, 0.25) is 0 Å². The summed E-state index contributed by atoms with van der Waals surface area (Å²) in [6.07, 6.45) is 1.68. The number of carbonyl (C=O) groups is 1. The van der Waals surface area contributed by atoms with Gasteiger partial charge in [-0.3, -0.25) is 9.10 Å². The molecular formula is C19H22N2O3S. The van der Waals surface area contributed by atoms with Crippen LogP contribution in [0.1, 0.15) is 36.2 Å². The molecule has 1 N–H and O–H groups in total. The zero-order valence-corrected chi connectivity index (χ0v) is 15.2. The Balaban J connectivity index is 1.90. The number of fused-ring (bicyclic) bond motifs is 1. The van der Waals surface area contributed by atoms with Crippen LogP contribution < -0.4 is 9.62 Å². The minimum absolute atomic E-state index is 0.0285. The van der Waals surface area contributed by atoms with Crippen LogP contribution in [0.4, 0.5) is 5.69 Å². The molecule has 0 spiro atoms. The standard InChI is InChI=1S/C19H22N2O3S/c1-14(2)20-19(22)16-9-11-17(12-10-16)25(23,24)21-13-5-7-15-6-3-4-8-18(15)21/h3-4,6,8-12,14H,5,7,13H2,1-2H3,(H,20,22). The summed E-state index contributed by atoms with van der Waals surface area (Å²) in [5, 5.41) is 2.79. The molecule has 0 saturated heterocycles. The van der Waals surface area contributed by atoms with Gasteiger partial charge in [-0.25, -0.2) is 8.42 Å². The number of sulfonamides is 1. The molecule has 5 nitrogen and oxygen atoms in total. The number of hydrogen-bond acceptors (Lipinski definition) is 3. The first-order valence-corrected chi connectivity index (χ1v) is 9.85. The molecule has 0 unspecified atom stereocenters. The van der Waals surface area contributed by atoms with Gasteiger partial charge in [0.1, 0.15) is 0 Å². The van der Waals surface area contributed by atoms with Crippen molar-refractivity contribution in [2.45, 2.75) is 37.6 Å². The van der Waals surface area contributed by atoms with Gasteiger partial charge < -0.3 is 5.32 Å². The number of anilines is 1. The van der Waals surface area contributed by atoms with Crippen molar-refractivity contribution in [1.82, 2.24) is 5.32 Å².